The molecule has 8 rings (SSSR count). The molecule has 8 bridgehead atoms. The number of hydrogen-bond donors (Lipinski definition) is 0. The molecule has 40 heavy (non-hydrogen) atoms. The summed E-state index contributed by atoms with van der Waals surface area (Å²) in [5, 5.41) is 0. The number of aromatic nitrogens is 1. The van der Waals surface area contributed by atoms with Gasteiger partial charge in [-0.05, 0) is 64.4 Å². The van der Waals surface area contributed by atoms with E-state index in [1.54, 1.807) is 0 Å². The van der Waals surface area contributed by atoms with Gasteiger partial charge in [0.2, 0.25) is 0 Å². The molecule has 0 saturated heterocycles. The van der Waals surface area contributed by atoms with Gasteiger partial charge in [-0.25, -0.2) is 0 Å². The Balaban J connectivity index is 1.48. The van der Waals surface area contributed by atoms with E-state index in [1.165, 1.54) is 38.9 Å². The molecule has 2 aliphatic heterocycles. The Morgan fingerprint density at radius 3 is 2.02 bits per heavy atom. The van der Waals surface area contributed by atoms with Crippen molar-refractivity contribution in [1.82, 2.24) is 4.98 Å². The smallest absolute Gasteiger partial charge is 0.130 e. The van der Waals surface area contributed by atoms with Crippen LogP contribution >= 0.6 is 0 Å². The predicted molar refractivity (Wildman–Crippen MR) is 163 cm³/mol. The van der Waals surface area contributed by atoms with Gasteiger partial charge in [0.25, 0.3) is 0 Å². The average Bonchev–Trinajstić information content (AvgIpc) is 3.31. The summed E-state index contributed by atoms with van der Waals surface area (Å²) in [6.07, 6.45) is 8.54. The minimum absolute atomic E-state index is 0.629. The highest BCUT2D eigenvalue weighted by Crippen LogP contribution is 2.58. The van der Waals surface area contributed by atoms with Gasteiger partial charge < -0.3 is 0 Å². The fraction of sp³-hybridized carbons (Fsp3) is 0.0789. The molecule has 0 atom stereocenters. The number of pyridine rings is 1. The van der Waals surface area contributed by atoms with Crippen LogP contribution in [0.25, 0.3) is 28.1 Å². The summed E-state index contributed by atoms with van der Waals surface area (Å²) in [7, 11) is 0. The summed E-state index contributed by atoms with van der Waals surface area (Å²) in [4.78, 5) is 5.47. The molecular weight excluding hydrogens is 484 g/mol. The van der Waals surface area contributed by atoms with E-state index >= 15 is 0 Å². The molecule has 0 amide bonds. The molecule has 1 aromatic heterocycles. The minimum atomic E-state index is -0.629. The monoisotopic (exact) mass is 512 g/mol. The molecule has 0 radical (unpaired) electrons. The zero-order valence-electron chi connectivity index (χ0n) is 22.2. The Hall–Kier alpha value is -4.95. The molecular formula is C38H28N2. The van der Waals surface area contributed by atoms with Crippen molar-refractivity contribution in [3.8, 4) is 22.4 Å². The predicted octanol–water partition coefficient (Wildman–Crippen LogP) is 8.02. The molecule has 2 heteroatoms. The molecule has 0 N–H and O–H groups in total. The van der Waals surface area contributed by atoms with Gasteiger partial charge in [0.1, 0.15) is 17.2 Å². The van der Waals surface area contributed by atoms with Crippen LogP contribution in [0.2, 0.25) is 0 Å². The second-order valence-electron chi connectivity index (χ2n) is 10.9. The maximum absolute atomic E-state index is 5.47. The van der Waals surface area contributed by atoms with Crippen LogP contribution in [0, 0.1) is 6.04 Å². The van der Waals surface area contributed by atoms with Crippen LogP contribution in [-0.2, 0) is 18.3 Å². The summed E-state index contributed by atoms with van der Waals surface area (Å²) < 4.78 is 2.14. The van der Waals surface area contributed by atoms with Crippen LogP contribution in [0.15, 0.2) is 133 Å². The van der Waals surface area contributed by atoms with Crippen molar-refractivity contribution in [3.05, 3.63) is 173 Å². The van der Waals surface area contributed by atoms with E-state index in [0.717, 1.165) is 41.5 Å². The fourth-order valence-corrected chi connectivity index (χ4v) is 6.90. The van der Waals surface area contributed by atoms with Crippen molar-refractivity contribution in [2.75, 3.05) is 0 Å². The lowest BCUT2D eigenvalue weighted by Crippen LogP contribution is -2.40. The zero-order valence-corrected chi connectivity index (χ0v) is 22.2. The number of allylic oxidation sites excluding steroid dienone is 2. The van der Waals surface area contributed by atoms with Gasteiger partial charge in [0.15, 0.2) is 0 Å². The molecule has 4 aromatic carbocycles. The largest absolute Gasteiger partial charge is 0.290 e. The third-order valence-corrected chi connectivity index (χ3v) is 8.71. The highest BCUT2D eigenvalue weighted by Gasteiger charge is 2.53. The Kier molecular flexibility index (Phi) is 5.05. The Labute approximate surface area is 235 Å². The lowest BCUT2D eigenvalue weighted by atomic mass is 9.68. The highest BCUT2D eigenvalue weighted by molar-refractivity contribution is 5.86. The quantitative estimate of drug-likeness (QED) is 0.152. The van der Waals surface area contributed by atoms with Crippen LogP contribution in [0.3, 0.4) is 0 Å². The van der Waals surface area contributed by atoms with Crippen LogP contribution in [0.5, 0.6) is 0 Å². The lowest BCUT2D eigenvalue weighted by Gasteiger charge is -2.40. The fourth-order valence-electron chi connectivity index (χ4n) is 6.90. The number of fused-ring (bicyclic) bond motifs is 17. The first-order chi connectivity index (χ1) is 19.7. The third-order valence-electron chi connectivity index (χ3n) is 8.71. The summed E-state index contributed by atoms with van der Waals surface area (Å²) in [5.41, 5.74) is 12.4. The number of nitrogens with zero attached hydrogens (tertiary/aromatic N) is 2. The molecule has 1 aliphatic carbocycles. The minimum Gasteiger partial charge on any atom is -0.290 e. The van der Waals surface area contributed by atoms with Crippen LogP contribution in [-0.4, -0.2) is 16.3 Å². The molecule has 5 aromatic rings. The topological polar surface area (TPSA) is 15.9 Å². The molecule has 0 saturated carbocycles. The summed E-state index contributed by atoms with van der Waals surface area (Å²) in [6.45, 7) is 4.70. The van der Waals surface area contributed by atoms with Crippen molar-refractivity contribution < 1.29 is 4.58 Å². The van der Waals surface area contributed by atoms with Gasteiger partial charge in [-0.3, -0.25) is 9.56 Å². The van der Waals surface area contributed by atoms with Gasteiger partial charge in [-0.1, -0.05) is 109 Å². The van der Waals surface area contributed by atoms with Gasteiger partial charge in [0.05, 0.1) is 18.1 Å². The van der Waals surface area contributed by atoms with Crippen LogP contribution in [0.4, 0.5) is 0 Å². The molecule has 3 aliphatic rings. The molecule has 0 fully saturated rings. The average molecular weight is 513 g/mol. The Bertz CT molecular complexity index is 1840. The third kappa shape index (κ3) is 3.26. The summed E-state index contributed by atoms with van der Waals surface area (Å²) in [5.74, 6) is 0. The highest BCUT2D eigenvalue weighted by atomic mass is 15.1. The second kappa shape index (κ2) is 8.79. The van der Waals surface area contributed by atoms with E-state index in [1.807, 2.05) is 0 Å². The molecule has 3 heterocycles. The second-order valence-corrected chi connectivity index (χ2v) is 10.9. The van der Waals surface area contributed by atoms with Gasteiger partial charge in [0, 0.05) is 11.1 Å². The van der Waals surface area contributed by atoms with Crippen molar-refractivity contribution in [1.29, 1.82) is 0 Å². The first-order valence-electron chi connectivity index (χ1n) is 14.0. The summed E-state index contributed by atoms with van der Waals surface area (Å²) in [6, 6.07) is 43.0. The Morgan fingerprint density at radius 1 is 0.675 bits per heavy atom. The number of hydrogen-bond acceptors (Lipinski definition) is 1. The van der Waals surface area contributed by atoms with Crippen molar-refractivity contribution in [3.63, 3.8) is 0 Å². The maximum atomic E-state index is 5.47. The van der Waals surface area contributed by atoms with Gasteiger partial charge in [-0.15, -0.1) is 6.08 Å². The standard InChI is InChI=1S/C38H28N2/c1-40-35-19-9-21-37(40)38(32-16-4-2-14-30(32)31-15-3-5-17-33(31)38)36-20-8-18-34(39-36)28-12-6-10-26(24-28)22-23-27-11-7-13-29(35)25-27/h2-21,24-25H,1,22-23H2. The lowest BCUT2D eigenvalue weighted by molar-refractivity contribution is -0.408. The maximum Gasteiger partial charge on any atom is 0.130 e. The van der Waals surface area contributed by atoms with E-state index in [4.69, 9.17) is 11.7 Å². The zero-order chi connectivity index (χ0) is 26.7. The van der Waals surface area contributed by atoms with Crippen molar-refractivity contribution >= 4 is 12.4 Å². The number of rotatable bonds is 0. The van der Waals surface area contributed by atoms with Crippen LogP contribution in [0.1, 0.15) is 33.5 Å². The molecule has 190 valence electrons. The van der Waals surface area contributed by atoms with Gasteiger partial charge in [-0.2, -0.15) is 0 Å². The normalized spacial score (nSPS) is 16.1. The van der Waals surface area contributed by atoms with Crippen molar-refractivity contribution in [2.45, 2.75) is 18.3 Å². The van der Waals surface area contributed by atoms with E-state index < -0.39 is 5.41 Å². The van der Waals surface area contributed by atoms with Crippen molar-refractivity contribution in [2.24, 2.45) is 0 Å². The molecule has 0 unspecified atom stereocenters. The molecule has 1 spiro atoms. The Morgan fingerprint density at radius 2 is 1.30 bits per heavy atom. The van der Waals surface area contributed by atoms with E-state index in [9.17, 15) is 0 Å². The van der Waals surface area contributed by atoms with E-state index in [0.29, 0.717) is 0 Å². The number of aryl methyl sites for hydroxylation is 2. The van der Waals surface area contributed by atoms with Gasteiger partial charge >= 0.3 is 0 Å². The van der Waals surface area contributed by atoms with Crippen LogP contribution < -0.4 is 0 Å². The molecule has 2 nitrogen and oxygen atoms in total. The SMILES string of the molecule is C=[N+]1C2=CC=C[C-]1C1(c3cccc(n3)-c3cccc(c3)CCc3cccc2c3)c2ccccc2-c2ccccc21. The first kappa shape index (κ1) is 23.0. The number of benzene rings is 4. The van der Waals surface area contributed by atoms with E-state index in [-0.39, 0.29) is 0 Å². The van der Waals surface area contributed by atoms with E-state index in [2.05, 4.69) is 138 Å². The first-order valence-corrected chi connectivity index (χ1v) is 14.0. The summed E-state index contributed by atoms with van der Waals surface area (Å²) >= 11 is 0.